The SMILES string of the molecule is CCCCCC(O)[C@H]1O[C@@H]2SC(N(C)C)=N[C@@H]2[C@@H](O)[C@@H]1O. The third-order valence-electron chi connectivity index (χ3n) is 3.95. The van der Waals surface area contributed by atoms with Crippen LogP contribution >= 0.6 is 11.8 Å². The van der Waals surface area contributed by atoms with Gasteiger partial charge in [0.25, 0.3) is 0 Å². The maximum Gasteiger partial charge on any atom is 0.161 e. The second-order valence-electron chi connectivity index (χ2n) is 5.93. The summed E-state index contributed by atoms with van der Waals surface area (Å²) in [5, 5.41) is 31.5. The maximum absolute atomic E-state index is 10.3. The van der Waals surface area contributed by atoms with Gasteiger partial charge in [-0.25, -0.2) is 0 Å². The number of nitrogens with zero attached hydrogens (tertiary/aromatic N) is 2. The number of hydrogen-bond donors (Lipinski definition) is 3. The summed E-state index contributed by atoms with van der Waals surface area (Å²) in [7, 11) is 3.76. The van der Waals surface area contributed by atoms with Crippen molar-refractivity contribution in [3.05, 3.63) is 0 Å². The van der Waals surface area contributed by atoms with E-state index in [4.69, 9.17) is 4.74 Å². The molecule has 21 heavy (non-hydrogen) atoms. The Labute approximate surface area is 130 Å². The van der Waals surface area contributed by atoms with Gasteiger partial charge in [0, 0.05) is 14.1 Å². The lowest BCUT2D eigenvalue weighted by atomic mass is 9.92. The molecule has 1 saturated heterocycles. The largest absolute Gasteiger partial charge is 0.390 e. The number of amidine groups is 1. The van der Waals surface area contributed by atoms with Crippen molar-refractivity contribution in [3.63, 3.8) is 0 Å². The van der Waals surface area contributed by atoms with Crippen LogP contribution in [0.4, 0.5) is 0 Å². The van der Waals surface area contributed by atoms with Gasteiger partial charge in [-0.2, -0.15) is 0 Å². The smallest absolute Gasteiger partial charge is 0.161 e. The van der Waals surface area contributed by atoms with Crippen molar-refractivity contribution in [3.8, 4) is 0 Å². The third-order valence-corrected chi connectivity index (χ3v) is 5.26. The van der Waals surface area contributed by atoms with Crippen LogP contribution in [-0.2, 0) is 4.74 Å². The molecule has 3 N–H and O–H groups in total. The standard InChI is InChI=1S/C14H26N2O4S/c1-4-5-6-7-8(17)12-11(19)10(18)9-13(20-12)21-14(15-9)16(2)3/h8-13,17-19H,4-7H2,1-3H3/t8?,9-,10-,11+,12-,13-/m1/s1. The summed E-state index contributed by atoms with van der Waals surface area (Å²) >= 11 is 1.43. The summed E-state index contributed by atoms with van der Waals surface area (Å²) in [6, 6.07) is -0.471. The van der Waals surface area contributed by atoms with Crippen molar-refractivity contribution < 1.29 is 20.1 Å². The molecule has 2 aliphatic heterocycles. The average molecular weight is 318 g/mol. The Morgan fingerprint density at radius 2 is 2.00 bits per heavy atom. The van der Waals surface area contributed by atoms with E-state index in [0.29, 0.717) is 6.42 Å². The van der Waals surface area contributed by atoms with Crippen molar-refractivity contribution in [2.45, 2.75) is 68.5 Å². The lowest BCUT2D eigenvalue weighted by Gasteiger charge is -2.40. The molecule has 0 aromatic carbocycles. The van der Waals surface area contributed by atoms with Gasteiger partial charge in [0.05, 0.1) is 6.10 Å². The first-order valence-corrected chi connectivity index (χ1v) is 8.45. The molecular formula is C14H26N2O4S. The molecule has 0 spiro atoms. The number of hydrogen-bond acceptors (Lipinski definition) is 7. The van der Waals surface area contributed by atoms with Crippen molar-refractivity contribution in [1.29, 1.82) is 0 Å². The zero-order valence-electron chi connectivity index (χ0n) is 12.8. The van der Waals surface area contributed by atoms with Gasteiger partial charge in [0.1, 0.15) is 29.8 Å². The summed E-state index contributed by atoms with van der Waals surface area (Å²) in [5.74, 6) is 0. The Morgan fingerprint density at radius 1 is 1.29 bits per heavy atom. The van der Waals surface area contributed by atoms with Gasteiger partial charge in [0.15, 0.2) is 5.17 Å². The Bertz CT molecular complexity index is 380. The predicted molar refractivity (Wildman–Crippen MR) is 83.3 cm³/mol. The molecule has 1 unspecified atom stereocenters. The molecule has 0 amide bonds. The number of rotatable bonds is 5. The van der Waals surface area contributed by atoms with E-state index in [2.05, 4.69) is 11.9 Å². The van der Waals surface area contributed by atoms with Gasteiger partial charge < -0.3 is 25.0 Å². The summed E-state index contributed by atoms with van der Waals surface area (Å²) < 4.78 is 5.83. The van der Waals surface area contributed by atoms with E-state index in [-0.39, 0.29) is 5.44 Å². The first-order valence-electron chi connectivity index (χ1n) is 7.57. The summed E-state index contributed by atoms with van der Waals surface area (Å²) in [5.41, 5.74) is -0.341. The molecule has 0 bridgehead atoms. The van der Waals surface area contributed by atoms with Gasteiger partial charge >= 0.3 is 0 Å². The maximum atomic E-state index is 10.3. The van der Waals surface area contributed by atoms with Crippen molar-refractivity contribution in [2.75, 3.05) is 14.1 Å². The molecule has 6 nitrogen and oxygen atoms in total. The highest BCUT2D eigenvalue weighted by Gasteiger charge is 2.50. The van der Waals surface area contributed by atoms with E-state index in [9.17, 15) is 15.3 Å². The van der Waals surface area contributed by atoms with Gasteiger partial charge in [-0.05, 0) is 6.42 Å². The van der Waals surface area contributed by atoms with Crippen molar-refractivity contribution in [2.24, 2.45) is 4.99 Å². The van der Waals surface area contributed by atoms with E-state index >= 15 is 0 Å². The number of thioether (sulfide) groups is 1. The number of ether oxygens (including phenoxy) is 1. The minimum absolute atomic E-state index is 0.341. The molecule has 2 heterocycles. The summed E-state index contributed by atoms with van der Waals surface area (Å²) in [6.07, 6.45) is -0.0322. The van der Waals surface area contributed by atoms with E-state index in [1.165, 1.54) is 11.8 Å². The zero-order chi connectivity index (χ0) is 15.6. The first-order chi connectivity index (χ1) is 9.95. The Balaban J connectivity index is 1.99. The van der Waals surface area contributed by atoms with E-state index in [1.54, 1.807) is 0 Å². The molecule has 2 rings (SSSR count). The van der Waals surface area contributed by atoms with Crippen LogP contribution in [0.5, 0.6) is 0 Å². The van der Waals surface area contributed by atoms with E-state index < -0.39 is 30.5 Å². The number of unbranched alkanes of at least 4 members (excludes halogenated alkanes) is 2. The monoisotopic (exact) mass is 318 g/mol. The highest BCUT2D eigenvalue weighted by atomic mass is 32.2. The Morgan fingerprint density at radius 3 is 2.62 bits per heavy atom. The van der Waals surface area contributed by atoms with E-state index in [1.807, 2.05) is 19.0 Å². The molecule has 6 atom stereocenters. The number of aliphatic imine (C=N–C) groups is 1. The Hall–Kier alpha value is -0.340. The van der Waals surface area contributed by atoms with Crippen LogP contribution < -0.4 is 0 Å². The van der Waals surface area contributed by atoms with Crippen molar-refractivity contribution in [1.82, 2.24) is 4.90 Å². The molecule has 0 saturated carbocycles. The molecule has 0 aliphatic carbocycles. The minimum Gasteiger partial charge on any atom is -0.390 e. The van der Waals surface area contributed by atoms with Crippen LogP contribution in [0.2, 0.25) is 0 Å². The zero-order valence-corrected chi connectivity index (χ0v) is 13.7. The minimum atomic E-state index is -1.10. The van der Waals surface area contributed by atoms with Crippen LogP contribution in [0, 0.1) is 0 Å². The number of aliphatic hydroxyl groups excluding tert-OH is 3. The lowest BCUT2D eigenvalue weighted by molar-refractivity contribution is -0.185. The fraction of sp³-hybridized carbons (Fsp3) is 0.929. The molecule has 0 aromatic heterocycles. The summed E-state index contributed by atoms with van der Waals surface area (Å²) in [4.78, 5) is 6.26. The van der Waals surface area contributed by atoms with Crippen LogP contribution in [0.25, 0.3) is 0 Å². The summed E-state index contributed by atoms with van der Waals surface area (Å²) in [6.45, 7) is 2.10. The van der Waals surface area contributed by atoms with Gasteiger partial charge in [-0.1, -0.05) is 37.9 Å². The lowest BCUT2D eigenvalue weighted by Crippen LogP contribution is -2.58. The second kappa shape index (κ2) is 7.28. The highest BCUT2D eigenvalue weighted by molar-refractivity contribution is 8.14. The molecule has 0 radical (unpaired) electrons. The number of aliphatic hydroxyl groups is 3. The van der Waals surface area contributed by atoms with Gasteiger partial charge in [-0.3, -0.25) is 4.99 Å². The normalized spacial score (nSPS) is 37.0. The first kappa shape index (κ1) is 17.0. The molecule has 122 valence electrons. The van der Waals surface area contributed by atoms with Crippen LogP contribution in [0.1, 0.15) is 32.6 Å². The van der Waals surface area contributed by atoms with Gasteiger partial charge in [-0.15, -0.1) is 0 Å². The average Bonchev–Trinajstić information content (AvgIpc) is 2.87. The number of fused-ring (bicyclic) bond motifs is 1. The van der Waals surface area contributed by atoms with Crippen LogP contribution in [0.15, 0.2) is 4.99 Å². The fourth-order valence-corrected chi connectivity index (χ4v) is 3.82. The van der Waals surface area contributed by atoms with Gasteiger partial charge in [0.2, 0.25) is 0 Å². The highest BCUT2D eigenvalue weighted by Crippen LogP contribution is 2.38. The molecule has 1 fully saturated rings. The molecule has 2 aliphatic rings. The molecule has 0 aromatic rings. The fourth-order valence-electron chi connectivity index (χ4n) is 2.68. The van der Waals surface area contributed by atoms with Crippen LogP contribution in [0.3, 0.4) is 0 Å². The van der Waals surface area contributed by atoms with Crippen molar-refractivity contribution >= 4 is 16.9 Å². The molecule has 7 heteroatoms. The molecular weight excluding hydrogens is 292 g/mol. The topological polar surface area (TPSA) is 85.5 Å². The van der Waals surface area contributed by atoms with Crippen LogP contribution in [-0.4, -0.2) is 75.4 Å². The second-order valence-corrected chi connectivity index (χ2v) is 6.99. The van der Waals surface area contributed by atoms with E-state index in [0.717, 1.165) is 24.4 Å². The quantitative estimate of drug-likeness (QED) is 0.637. The third kappa shape index (κ3) is 3.71. The predicted octanol–water partition coefficient (Wildman–Crippen LogP) is 0.407. The Kier molecular flexibility index (Phi) is 5.90.